The summed E-state index contributed by atoms with van der Waals surface area (Å²) < 4.78 is 9.85. The van der Waals surface area contributed by atoms with Gasteiger partial charge in [0.2, 0.25) is 0 Å². The third-order valence-corrected chi connectivity index (χ3v) is 3.02. The molecule has 1 saturated heterocycles. The Labute approximate surface area is 118 Å². The van der Waals surface area contributed by atoms with Crippen molar-refractivity contribution in [1.29, 1.82) is 0 Å². The van der Waals surface area contributed by atoms with E-state index >= 15 is 0 Å². The summed E-state index contributed by atoms with van der Waals surface area (Å²) in [6, 6.07) is 2.14. The quantitative estimate of drug-likeness (QED) is 0.820. The third kappa shape index (κ3) is 4.81. The summed E-state index contributed by atoms with van der Waals surface area (Å²) in [6.45, 7) is 2.07. The maximum atomic E-state index is 11.7. The van der Waals surface area contributed by atoms with Gasteiger partial charge in [0, 0.05) is 25.8 Å². The fraction of sp³-hybridized carbons (Fsp3) is 0.667. The van der Waals surface area contributed by atoms with Crippen molar-refractivity contribution in [2.24, 2.45) is 0 Å². The first-order valence-corrected chi connectivity index (χ1v) is 6.25. The molecular formula is C12H20ClN3O3. The molecule has 1 aromatic heterocycles. The Hall–Kier alpha value is -1.11. The van der Waals surface area contributed by atoms with Crippen LogP contribution in [-0.2, 0) is 11.3 Å². The maximum absolute atomic E-state index is 11.7. The van der Waals surface area contributed by atoms with Crippen LogP contribution in [0.15, 0.2) is 10.6 Å². The normalized spacial score (nSPS) is 18.1. The van der Waals surface area contributed by atoms with Crippen LogP contribution in [0.4, 0.5) is 0 Å². The van der Waals surface area contributed by atoms with Crippen molar-refractivity contribution in [3.8, 4) is 0 Å². The fourth-order valence-corrected chi connectivity index (χ4v) is 2.08. The molecule has 1 aromatic rings. The smallest absolute Gasteiger partial charge is 0.273 e. The minimum Gasteiger partial charge on any atom is -0.377 e. The number of ether oxygens (including phenoxy) is 1. The Kier molecular flexibility index (Phi) is 6.83. The number of hydrogen-bond donors (Lipinski definition) is 2. The fourth-order valence-electron chi connectivity index (χ4n) is 2.08. The zero-order valence-corrected chi connectivity index (χ0v) is 11.8. The van der Waals surface area contributed by atoms with E-state index in [1.54, 1.807) is 13.2 Å². The van der Waals surface area contributed by atoms with Gasteiger partial charge in [-0.1, -0.05) is 5.16 Å². The van der Waals surface area contributed by atoms with Gasteiger partial charge in [0.25, 0.3) is 5.91 Å². The predicted octanol–water partition coefficient (Wildman–Crippen LogP) is 1.11. The van der Waals surface area contributed by atoms with Crippen molar-refractivity contribution in [3.63, 3.8) is 0 Å². The van der Waals surface area contributed by atoms with E-state index in [-0.39, 0.29) is 18.3 Å². The molecule has 1 aliphatic rings. The molecule has 0 bridgehead atoms. The minimum atomic E-state index is -0.195. The van der Waals surface area contributed by atoms with Crippen LogP contribution in [0.5, 0.6) is 0 Å². The molecule has 108 valence electrons. The number of carbonyl (C=O) groups is 1. The second kappa shape index (κ2) is 8.14. The molecule has 2 heterocycles. The van der Waals surface area contributed by atoms with Crippen molar-refractivity contribution < 1.29 is 14.1 Å². The highest BCUT2D eigenvalue weighted by atomic mass is 35.5. The number of aromatic nitrogens is 1. The minimum absolute atomic E-state index is 0. The number of nitrogens with one attached hydrogen (secondary N) is 2. The predicted molar refractivity (Wildman–Crippen MR) is 72.4 cm³/mol. The SMILES string of the molecule is COCc1cc(C(=O)NCC[C@H]2CCCN2)no1.Cl. The molecule has 1 atom stereocenters. The van der Waals surface area contributed by atoms with Crippen LogP contribution in [0.25, 0.3) is 0 Å². The average Bonchev–Trinajstić information content (AvgIpc) is 3.00. The number of methoxy groups -OCH3 is 1. The number of carbonyl (C=O) groups excluding carboxylic acids is 1. The Bertz CT molecular complexity index is 391. The summed E-state index contributed by atoms with van der Waals surface area (Å²) in [5.74, 6) is 0.360. The Morgan fingerprint density at radius 1 is 1.68 bits per heavy atom. The molecule has 2 rings (SSSR count). The van der Waals surface area contributed by atoms with Gasteiger partial charge < -0.3 is 19.9 Å². The standard InChI is InChI=1S/C12H19N3O3.ClH/c1-17-8-10-7-11(15-18-10)12(16)14-6-4-9-3-2-5-13-9;/h7,9,13H,2-6,8H2,1H3,(H,14,16);1H/t9-;/m1./s1. The van der Waals surface area contributed by atoms with E-state index in [4.69, 9.17) is 9.26 Å². The molecule has 1 aliphatic heterocycles. The summed E-state index contributed by atoms with van der Waals surface area (Å²) in [6.07, 6.45) is 3.37. The lowest BCUT2D eigenvalue weighted by atomic mass is 10.1. The largest absolute Gasteiger partial charge is 0.377 e. The summed E-state index contributed by atoms with van der Waals surface area (Å²) in [4.78, 5) is 11.7. The van der Waals surface area contributed by atoms with Crippen molar-refractivity contribution in [1.82, 2.24) is 15.8 Å². The highest BCUT2D eigenvalue weighted by Gasteiger charge is 2.15. The van der Waals surface area contributed by atoms with E-state index in [1.807, 2.05) is 0 Å². The molecular weight excluding hydrogens is 270 g/mol. The molecule has 1 fully saturated rings. The lowest BCUT2D eigenvalue weighted by Crippen LogP contribution is -2.30. The summed E-state index contributed by atoms with van der Waals surface area (Å²) in [5.41, 5.74) is 0.307. The average molecular weight is 290 g/mol. The maximum Gasteiger partial charge on any atom is 0.273 e. The molecule has 7 heteroatoms. The topological polar surface area (TPSA) is 76.4 Å². The van der Waals surface area contributed by atoms with E-state index < -0.39 is 0 Å². The third-order valence-electron chi connectivity index (χ3n) is 3.02. The number of hydrogen-bond acceptors (Lipinski definition) is 5. The van der Waals surface area contributed by atoms with Crippen LogP contribution < -0.4 is 10.6 Å². The van der Waals surface area contributed by atoms with Crippen LogP contribution in [0.3, 0.4) is 0 Å². The lowest BCUT2D eigenvalue weighted by molar-refractivity contribution is 0.0942. The number of amides is 1. The molecule has 0 saturated carbocycles. The molecule has 0 aromatic carbocycles. The number of halogens is 1. The number of rotatable bonds is 6. The van der Waals surface area contributed by atoms with Crippen LogP contribution in [0, 0.1) is 0 Å². The highest BCUT2D eigenvalue weighted by molar-refractivity contribution is 5.92. The summed E-state index contributed by atoms with van der Waals surface area (Å²) in [7, 11) is 1.57. The summed E-state index contributed by atoms with van der Waals surface area (Å²) >= 11 is 0. The van der Waals surface area contributed by atoms with Crippen molar-refractivity contribution >= 4 is 18.3 Å². The van der Waals surface area contributed by atoms with Gasteiger partial charge in [0.1, 0.15) is 6.61 Å². The van der Waals surface area contributed by atoms with E-state index in [0.717, 1.165) is 13.0 Å². The van der Waals surface area contributed by atoms with Crippen molar-refractivity contribution in [2.45, 2.75) is 31.9 Å². The zero-order valence-electron chi connectivity index (χ0n) is 11.0. The van der Waals surface area contributed by atoms with Gasteiger partial charge in [0.15, 0.2) is 11.5 Å². The molecule has 0 aliphatic carbocycles. The molecule has 1 amide bonds. The Balaban J connectivity index is 0.00000180. The van der Waals surface area contributed by atoms with Gasteiger partial charge >= 0.3 is 0 Å². The van der Waals surface area contributed by atoms with Crippen molar-refractivity contribution in [2.75, 3.05) is 20.2 Å². The zero-order chi connectivity index (χ0) is 12.8. The molecule has 0 radical (unpaired) electrons. The second-order valence-electron chi connectivity index (χ2n) is 4.45. The van der Waals surface area contributed by atoms with Gasteiger partial charge in [-0.3, -0.25) is 4.79 Å². The molecule has 0 spiro atoms. The van der Waals surface area contributed by atoms with Gasteiger partial charge in [-0.25, -0.2) is 0 Å². The van der Waals surface area contributed by atoms with Crippen LogP contribution in [-0.4, -0.2) is 37.3 Å². The first kappa shape index (κ1) is 15.9. The van der Waals surface area contributed by atoms with Gasteiger partial charge in [-0.05, 0) is 25.8 Å². The van der Waals surface area contributed by atoms with Gasteiger partial charge in [-0.2, -0.15) is 0 Å². The highest BCUT2D eigenvalue weighted by Crippen LogP contribution is 2.08. The molecule has 6 nitrogen and oxygen atoms in total. The van der Waals surface area contributed by atoms with Crippen molar-refractivity contribution in [3.05, 3.63) is 17.5 Å². The van der Waals surface area contributed by atoms with Crippen LogP contribution in [0.1, 0.15) is 35.5 Å². The van der Waals surface area contributed by atoms with Gasteiger partial charge in [-0.15, -0.1) is 12.4 Å². The van der Waals surface area contributed by atoms with E-state index in [2.05, 4.69) is 15.8 Å². The molecule has 2 N–H and O–H groups in total. The monoisotopic (exact) mass is 289 g/mol. The molecule has 0 unspecified atom stereocenters. The van der Waals surface area contributed by atoms with E-state index in [1.165, 1.54) is 12.8 Å². The first-order chi connectivity index (χ1) is 8.79. The second-order valence-corrected chi connectivity index (χ2v) is 4.45. The van der Waals surface area contributed by atoms with Crippen LogP contribution >= 0.6 is 12.4 Å². The first-order valence-electron chi connectivity index (χ1n) is 6.25. The Morgan fingerprint density at radius 3 is 3.21 bits per heavy atom. The Morgan fingerprint density at radius 2 is 2.53 bits per heavy atom. The van der Waals surface area contributed by atoms with Gasteiger partial charge in [0.05, 0.1) is 0 Å². The van der Waals surface area contributed by atoms with E-state index in [9.17, 15) is 4.79 Å². The summed E-state index contributed by atoms with van der Waals surface area (Å²) in [5, 5.41) is 9.93. The molecule has 19 heavy (non-hydrogen) atoms. The van der Waals surface area contributed by atoms with Crippen LogP contribution in [0.2, 0.25) is 0 Å². The van der Waals surface area contributed by atoms with E-state index in [0.29, 0.717) is 30.6 Å². The number of nitrogens with zero attached hydrogens (tertiary/aromatic N) is 1. The lowest BCUT2D eigenvalue weighted by Gasteiger charge is -2.09.